The molecular formula is C43H47F3N10O7. The number of anilines is 5. The van der Waals surface area contributed by atoms with Gasteiger partial charge in [0.15, 0.2) is 5.82 Å². The molecule has 0 spiro atoms. The van der Waals surface area contributed by atoms with Crippen molar-refractivity contribution in [1.82, 2.24) is 30.4 Å². The van der Waals surface area contributed by atoms with Gasteiger partial charge in [-0.25, -0.2) is 9.37 Å². The van der Waals surface area contributed by atoms with E-state index in [0.717, 1.165) is 35.0 Å². The molecule has 6 amide bonds. The Morgan fingerprint density at radius 2 is 1.76 bits per heavy atom. The number of likely N-dealkylation sites (tertiary alicyclic amines) is 1. The number of imide groups is 2. The molecule has 4 aliphatic heterocycles. The average Bonchev–Trinajstić information content (AvgIpc) is 3.88. The van der Waals surface area contributed by atoms with Crippen LogP contribution in [0.1, 0.15) is 88.9 Å². The first-order chi connectivity index (χ1) is 30.2. The van der Waals surface area contributed by atoms with Gasteiger partial charge in [0.1, 0.15) is 23.8 Å². The molecule has 1 aromatic heterocycles. The third-order valence-corrected chi connectivity index (χ3v) is 12.5. The number of rotatable bonds is 13. The van der Waals surface area contributed by atoms with Gasteiger partial charge in [-0.3, -0.25) is 39.0 Å². The van der Waals surface area contributed by atoms with Crippen LogP contribution in [0.3, 0.4) is 0 Å². The molecule has 5 heterocycles. The van der Waals surface area contributed by atoms with E-state index >= 15 is 4.39 Å². The number of aromatic nitrogens is 2. The van der Waals surface area contributed by atoms with Crippen molar-refractivity contribution in [2.24, 2.45) is 5.92 Å². The summed E-state index contributed by atoms with van der Waals surface area (Å²) >= 11 is 0. The minimum absolute atomic E-state index is 0.0152. The zero-order valence-corrected chi connectivity index (χ0v) is 34.5. The van der Waals surface area contributed by atoms with Crippen LogP contribution in [0.5, 0.6) is 0 Å². The molecule has 2 saturated heterocycles. The maximum Gasteiger partial charge on any atom is 0.342 e. The van der Waals surface area contributed by atoms with Crippen molar-refractivity contribution in [3.8, 4) is 0 Å². The molecule has 3 aromatic rings. The maximum atomic E-state index is 15.5. The lowest BCUT2D eigenvalue weighted by molar-refractivity contribution is -0.140. The maximum absolute atomic E-state index is 15.5. The number of carbonyl (C=O) groups excluding carboxylic acids is 7. The van der Waals surface area contributed by atoms with E-state index in [1.165, 1.54) is 36.3 Å². The number of amides is 6. The van der Waals surface area contributed by atoms with Gasteiger partial charge >= 0.3 is 5.92 Å². The van der Waals surface area contributed by atoms with E-state index in [1.807, 2.05) is 0 Å². The zero-order chi connectivity index (χ0) is 44.6. The predicted molar refractivity (Wildman–Crippen MR) is 222 cm³/mol. The summed E-state index contributed by atoms with van der Waals surface area (Å²) in [6.45, 7) is 1.15. The molecule has 63 heavy (non-hydrogen) atoms. The van der Waals surface area contributed by atoms with E-state index in [4.69, 9.17) is 0 Å². The standard InChI is InChI=1S/C43H47F3N10O7/c1-53-33-20-48-42(52-36(33)55(27-5-2-3-6-27)23-43(45,46)41(53)63)50-30-10-9-25(19-29(30)44)37(59)49-26-14-17-54(18-15-26)21-24(22-57)13-16-47-31-8-4-7-28-35(31)40(62)56(39(28)61)32-11-12-34(58)51-38(32)60/h4,7-10,19-20,22,24,26-27,32,47H,2-3,5-6,11-18,21,23H2,1H3,(H,49,59)(H,48,50,52)(H,51,58,60). The third kappa shape index (κ3) is 8.80. The summed E-state index contributed by atoms with van der Waals surface area (Å²) in [6, 6.07) is 7.18. The summed E-state index contributed by atoms with van der Waals surface area (Å²) in [4.78, 5) is 103. The van der Waals surface area contributed by atoms with E-state index in [-0.39, 0.29) is 70.7 Å². The smallest absolute Gasteiger partial charge is 0.342 e. The second kappa shape index (κ2) is 17.7. The molecule has 2 atom stereocenters. The molecule has 2 unspecified atom stereocenters. The van der Waals surface area contributed by atoms with E-state index in [2.05, 4.69) is 36.1 Å². The Bertz CT molecular complexity index is 2350. The van der Waals surface area contributed by atoms with Crippen LogP contribution < -0.4 is 31.1 Å². The number of piperidine rings is 2. The van der Waals surface area contributed by atoms with Gasteiger partial charge in [0.2, 0.25) is 17.8 Å². The van der Waals surface area contributed by atoms with Crippen molar-refractivity contribution in [1.29, 1.82) is 0 Å². The first-order valence-corrected chi connectivity index (χ1v) is 21.2. The van der Waals surface area contributed by atoms with Crippen LogP contribution in [-0.2, 0) is 19.2 Å². The van der Waals surface area contributed by atoms with E-state index < -0.39 is 59.8 Å². The fourth-order valence-corrected chi connectivity index (χ4v) is 9.10. The van der Waals surface area contributed by atoms with Crippen molar-refractivity contribution in [2.75, 3.05) is 60.2 Å². The van der Waals surface area contributed by atoms with Crippen molar-refractivity contribution >= 4 is 70.6 Å². The van der Waals surface area contributed by atoms with Crippen molar-refractivity contribution in [2.45, 2.75) is 81.8 Å². The number of fused-ring (bicyclic) bond motifs is 2. The van der Waals surface area contributed by atoms with Gasteiger partial charge in [0, 0.05) is 68.9 Å². The van der Waals surface area contributed by atoms with E-state index in [9.17, 15) is 42.3 Å². The molecule has 8 rings (SSSR count). The normalized spacial score (nSPS) is 21.2. The molecule has 332 valence electrons. The molecule has 2 aromatic carbocycles. The Kier molecular flexibility index (Phi) is 12.2. The average molecular weight is 873 g/mol. The first-order valence-electron chi connectivity index (χ1n) is 21.2. The van der Waals surface area contributed by atoms with Gasteiger partial charge < -0.3 is 35.4 Å². The lowest BCUT2D eigenvalue weighted by Crippen LogP contribution is -2.54. The van der Waals surface area contributed by atoms with Crippen molar-refractivity contribution in [3.63, 3.8) is 0 Å². The highest BCUT2D eigenvalue weighted by Crippen LogP contribution is 2.40. The summed E-state index contributed by atoms with van der Waals surface area (Å²) in [6.07, 6.45) is 6.88. The predicted octanol–water partition coefficient (Wildman–Crippen LogP) is 3.63. The fourth-order valence-electron chi connectivity index (χ4n) is 9.10. The van der Waals surface area contributed by atoms with Gasteiger partial charge in [-0.2, -0.15) is 13.8 Å². The van der Waals surface area contributed by atoms with Crippen LogP contribution in [0.4, 0.5) is 42.0 Å². The topological polar surface area (TPSA) is 206 Å². The van der Waals surface area contributed by atoms with E-state index in [0.29, 0.717) is 64.0 Å². The summed E-state index contributed by atoms with van der Waals surface area (Å²) in [5.74, 6) is -8.87. The number of halogens is 3. The van der Waals surface area contributed by atoms with Crippen LogP contribution >= 0.6 is 0 Å². The van der Waals surface area contributed by atoms with Crippen molar-refractivity contribution < 1.29 is 46.7 Å². The molecular weight excluding hydrogens is 826 g/mol. The number of alkyl halides is 2. The van der Waals surface area contributed by atoms with Gasteiger partial charge in [-0.1, -0.05) is 18.9 Å². The monoisotopic (exact) mass is 872 g/mol. The number of hydrogen-bond donors (Lipinski definition) is 4. The number of carbonyl (C=O) groups is 7. The number of nitrogens with zero attached hydrogens (tertiary/aromatic N) is 6. The Labute approximate surface area is 360 Å². The number of nitrogens with one attached hydrogen (secondary N) is 4. The Balaban J connectivity index is 0.817. The Morgan fingerprint density at radius 1 is 1.00 bits per heavy atom. The first kappa shape index (κ1) is 43.2. The van der Waals surface area contributed by atoms with E-state index in [1.54, 1.807) is 12.1 Å². The number of aldehydes is 1. The highest BCUT2D eigenvalue weighted by Gasteiger charge is 2.49. The van der Waals surface area contributed by atoms with Crippen LogP contribution in [0, 0.1) is 11.7 Å². The molecule has 1 saturated carbocycles. The zero-order valence-electron chi connectivity index (χ0n) is 34.5. The van der Waals surface area contributed by atoms with Crippen LogP contribution in [0.2, 0.25) is 0 Å². The molecule has 4 N–H and O–H groups in total. The Morgan fingerprint density at radius 3 is 2.48 bits per heavy atom. The highest BCUT2D eigenvalue weighted by atomic mass is 19.3. The minimum atomic E-state index is -3.64. The Hall–Kier alpha value is -6.44. The summed E-state index contributed by atoms with van der Waals surface area (Å²) in [5, 5.41) is 11.1. The van der Waals surface area contributed by atoms with Gasteiger partial charge in [-0.05, 0) is 68.9 Å². The van der Waals surface area contributed by atoms with Gasteiger partial charge in [0.25, 0.3) is 23.6 Å². The number of hydrogen-bond acceptors (Lipinski definition) is 13. The fraction of sp³-hybridized carbons (Fsp3) is 0.465. The molecule has 20 heteroatoms. The molecule has 3 fully saturated rings. The van der Waals surface area contributed by atoms with Gasteiger partial charge in [0.05, 0.1) is 29.6 Å². The largest absolute Gasteiger partial charge is 0.384 e. The van der Waals surface area contributed by atoms with Crippen molar-refractivity contribution in [3.05, 3.63) is 65.1 Å². The highest BCUT2D eigenvalue weighted by molar-refractivity contribution is 6.25. The number of benzene rings is 2. The lowest BCUT2D eigenvalue weighted by Gasteiger charge is -2.33. The summed E-state index contributed by atoms with van der Waals surface area (Å²) in [7, 11) is 1.25. The van der Waals surface area contributed by atoms with Gasteiger partial charge in [-0.15, -0.1) is 0 Å². The second-order valence-electron chi connectivity index (χ2n) is 16.7. The molecule has 17 nitrogen and oxygen atoms in total. The molecule has 5 aliphatic rings. The quantitative estimate of drug-likeness (QED) is 0.143. The third-order valence-electron chi connectivity index (χ3n) is 12.5. The molecule has 1 aliphatic carbocycles. The van der Waals surface area contributed by atoms with Crippen LogP contribution in [-0.4, -0.2) is 125 Å². The summed E-state index contributed by atoms with van der Waals surface area (Å²) in [5.41, 5.74) is 0.875. The molecule has 0 radical (unpaired) electrons. The van der Waals surface area contributed by atoms with Crippen LogP contribution in [0.15, 0.2) is 42.6 Å². The second-order valence-corrected chi connectivity index (χ2v) is 16.7. The minimum Gasteiger partial charge on any atom is -0.384 e. The lowest BCUT2D eigenvalue weighted by atomic mass is 10.0. The molecule has 0 bridgehead atoms. The summed E-state index contributed by atoms with van der Waals surface area (Å²) < 4.78 is 45.4. The SMILES string of the molecule is CN1C(=O)C(F)(F)CN(C2CCCC2)c2nc(Nc3ccc(C(=O)NC4CCN(CC(C=O)CCNc5cccc6c5C(=O)N(C5CCC(=O)NC5=O)C6=O)CC4)cc3F)ncc21. The van der Waals surface area contributed by atoms with Crippen LogP contribution in [0.25, 0.3) is 0 Å².